The van der Waals surface area contributed by atoms with Crippen LogP contribution in [0.4, 0.5) is 4.39 Å². The number of nitrogens with zero attached hydrogens (tertiary/aromatic N) is 1. The number of aliphatic hydroxyl groups excluding tert-OH is 1. The lowest BCUT2D eigenvalue weighted by molar-refractivity contribution is 0.350. The second-order valence-corrected chi connectivity index (χ2v) is 2.24. The summed E-state index contributed by atoms with van der Waals surface area (Å²) in [5.41, 5.74) is 0.794. The summed E-state index contributed by atoms with van der Waals surface area (Å²) in [6.07, 6.45) is 0. The van der Waals surface area contributed by atoms with Gasteiger partial charge in [0.15, 0.2) is 5.82 Å². The molecule has 1 N–H and O–H groups in total. The van der Waals surface area contributed by atoms with E-state index in [-0.39, 0.29) is 12.3 Å². The molecule has 0 spiro atoms. The first-order valence-corrected chi connectivity index (χ1v) is 3.47. The van der Waals surface area contributed by atoms with Crippen LogP contribution in [0.15, 0.2) is 12.1 Å². The second kappa shape index (κ2) is 3.84. The summed E-state index contributed by atoms with van der Waals surface area (Å²) in [6.45, 7) is 1.47. The maximum Gasteiger partial charge on any atom is 0.157 e. The van der Waals surface area contributed by atoms with Crippen LogP contribution in [-0.4, -0.2) is 16.7 Å². The molecule has 1 aromatic heterocycles. The normalized spacial score (nSPS) is 8.92. The first kappa shape index (κ1) is 8.69. The summed E-state index contributed by atoms with van der Waals surface area (Å²) >= 11 is 0. The van der Waals surface area contributed by atoms with Crippen molar-refractivity contribution in [1.29, 1.82) is 0 Å². The van der Waals surface area contributed by atoms with E-state index in [4.69, 9.17) is 5.11 Å². The average Bonchev–Trinajstić information content (AvgIpc) is 2.07. The lowest BCUT2D eigenvalue weighted by Crippen LogP contribution is -1.91. The summed E-state index contributed by atoms with van der Waals surface area (Å²) in [4.78, 5) is 3.85. The second-order valence-electron chi connectivity index (χ2n) is 2.24. The van der Waals surface area contributed by atoms with Gasteiger partial charge in [0.25, 0.3) is 0 Å². The molecule has 62 valence electrons. The molecule has 12 heavy (non-hydrogen) atoms. The molecule has 0 saturated heterocycles. The molecule has 0 unspecified atom stereocenters. The number of pyridine rings is 1. The predicted molar refractivity (Wildman–Crippen MR) is 42.9 cm³/mol. The highest BCUT2D eigenvalue weighted by Gasteiger charge is 1.98. The molecular weight excluding hydrogens is 157 g/mol. The zero-order valence-electron chi connectivity index (χ0n) is 6.63. The molecule has 0 aromatic carbocycles. The minimum absolute atomic E-state index is 0.0871. The van der Waals surface area contributed by atoms with Crippen molar-refractivity contribution in [2.75, 3.05) is 6.61 Å². The van der Waals surface area contributed by atoms with Crippen LogP contribution in [-0.2, 0) is 0 Å². The van der Waals surface area contributed by atoms with E-state index in [9.17, 15) is 4.39 Å². The van der Waals surface area contributed by atoms with Crippen molar-refractivity contribution < 1.29 is 9.50 Å². The van der Waals surface area contributed by atoms with Crippen LogP contribution in [0.25, 0.3) is 0 Å². The van der Waals surface area contributed by atoms with Crippen molar-refractivity contribution in [3.8, 4) is 11.8 Å². The number of aliphatic hydroxyl groups is 1. The molecule has 1 heterocycles. The molecule has 0 radical (unpaired) electrons. The Kier molecular flexibility index (Phi) is 2.78. The first-order valence-electron chi connectivity index (χ1n) is 3.47. The van der Waals surface area contributed by atoms with Gasteiger partial charge in [-0.05, 0) is 25.0 Å². The molecule has 0 saturated carbocycles. The molecule has 0 aliphatic carbocycles. The fraction of sp³-hybridized carbons (Fsp3) is 0.222. The predicted octanol–water partition coefficient (Wildman–Crippen LogP) is 0.873. The van der Waals surface area contributed by atoms with E-state index in [1.165, 1.54) is 6.07 Å². The summed E-state index contributed by atoms with van der Waals surface area (Å²) in [6, 6.07) is 2.88. The first-order chi connectivity index (χ1) is 5.74. The van der Waals surface area contributed by atoms with Crippen molar-refractivity contribution in [2.45, 2.75) is 6.92 Å². The minimum Gasteiger partial charge on any atom is -0.384 e. The van der Waals surface area contributed by atoms with Gasteiger partial charge in [0, 0.05) is 5.69 Å². The quantitative estimate of drug-likeness (QED) is 0.579. The van der Waals surface area contributed by atoms with Crippen LogP contribution >= 0.6 is 0 Å². The highest BCUT2D eigenvalue weighted by Crippen LogP contribution is 2.03. The Balaban J connectivity index is 3.05. The minimum atomic E-state index is -0.457. The van der Waals surface area contributed by atoms with Gasteiger partial charge < -0.3 is 5.11 Å². The van der Waals surface area contributed by atoms with Crippen molar-refractivity contribution in [3.05, 3.63) is 29.3 Å². The number of hydrogen-bond acceptors (Lipinski definition) is 2. The lowest BCUT2D eigenvalue weighted by atomic mass is 10.3. The van der Waals surface area contributed by atoms with Gasteiger partial charge in [-0.25, -0.2) is 9.37 Å². The standard InChI is InChI=1S/C9H8FNO/c1-7-4-5-8(10)9(11-7)3-2-6-12/h4-5,12H,6H2,1H3. The van der Waals surface area contributed by atoms with E-state index in [1.807, 2.05) is 0 Å². The van der Waals surface area contributed by atoms with Crippen LogP contribution < -0.4 is 0 Å². The van der Waals surface area contributed by atoms with E-state index in [0.29, 0.717) is 5.69 Å². The molecule has 2 nitrogen and oxygen atoms in total. The Bertz CT molecular complexity index is 338. The fourth-order valence-corrected chi connectivity index (χ4v) is 0.751. The SMILES string of the molecule is Cc1ccc(F)c(C#CCO)n1. The molecule has 0 atom stereocenters. The molecule has 0 aliphatic rings. The molecule has 0 fully saturated rings. The highest BCUT2D eigenvalue weighted by molar-refractivity contribution is 5.29. The van der Waals surface area contributed by atoms with Gasteiger partial charge in [0.05, 0.1) is 0 Å². The Morgan fingerprint density at radius 2 is 2.33 bits per heavy atom. The summed E-state index contributed by atoms with van der Waals surface area (Å²) in [5.74, 6) is 4.30. The summed E-state index contributed by atoms with van der Waals surface area (Å²) < 4.78 is 12.8. The van der Waals surface area contributed by atoms with Gasteiger partial charge in [-0.1, -0.05) is 5.92 Å². The van der Waals surface area contributed by atoms with Crippen LogP contribution in [0, 0.1) is 24.6 Å². The topological polar surface area (TPSA) is 33.1 Å². The Labute approximate surface area is 70.1 Å². The number of halogens is 1. The molecule has 0 bridgehead atoms. The van der Waals surface area contributed by atoms with E-state index < -0.39 is 5.82 Å². The Morgan fingerprint density at radius 3 is 3.00 bits per heavy atom. The van der Waals surface area contributed by atoms with Gasteiger partial charge in [0.2, 0.25) is 0 Å². The smallest absolute Gasteiger partial charge is 0.157 e. The van der Waals surface area contributed by atoms with Crippen molar-refractivity contribution in [3.63, 3.8) is 0 Å². The van der Waals surface area contributed by atoms with Gasteiger partial charge >= 0.3 is 0 Å². The zero-order valence-corrected chi connectivity index (χ0v) is 6.63. The molecule has 0 aliphatic heterocycles. The monoisotopic (exact) mass is 165 g/mol. The number of hydrogen-bond donors (Lipinski definition) is 1. The highest BCUT2D eigenvalue weighted by atomic mass is 19.1. The van der Waals surface area contributed by atoms with Crippen molar-refractivity contribution in [1.82, 2.24) is 4.98 Å². The van der Waals surface area contributed by atoms with Crippen LogP contribution in [0.3, 0.4) is 0 Å². The van der Waals surface area contributed by atoms with Crippen molar-refractivity contribution >= 4 is 0 Å². The third-order valence-corrected chi connectivity index (χ3v) is 1.27. The number of aromatic nitrogens is 1. The van der Waals surface area contributed by atoms with Gasteiger partial charge in [-0.15, -0.1) is 0 Å². The van der Waals surface area contributed by atoms with Crippen LogP contribution in [0.2, 0.25) is 0 Å². The van der Waals surface area contributed by atoms with Gasteiger partial charge in [-0.2, -0.15) is 0 Å². The van der Waals surface area contributed by atoms with E-state index in [2.05, 4.69) is 16.8 Å². The Morgan fingerprint density at radius 1 is 1.58 bits per heavy atom. The lowest BCUT2D eigenvalue weighted by Gasteiger charge is -1.94. The number of aryl methyl sites for hydroxylation is 1. The van der Waals surface area contributed by atoms with E-state index in [0.717, 1.165) is 0 Å². The zero-order chi connectivity index (χ0) is 8.97. The van der Waals surface area contributed by atoms with Crippen molar-refractivity contribution in [2.24, 2.45) is 0 Å². The molecule has 3 heteroatoms. The Hall–Kier alpha value is -1.40. The molecular formula is C9H8FNO. The largest absolute Gasteiger partial charge is 0.384 e. The number of rotatable bonds is 0. The van der Waals surface area contributed by atoms with Crippen LogP contribution in [0.1, 0.15) is 11.4 Å². The molecule has 1 aromatic rings. The third kappa shape index (κ3) is 2.04. The fourth-order valence-electron chi connectivity index (χ4n) is 0.751. The van der Waals surface area contributed by atoms with Gasteiger partial charge in [0.1, 0.15) is 12.3 Å². The maximum absolute atomic E-state index is 12.8. The summed E-state index contributed by atoms with van der Waals surface area (Å²) in [7, 11) is 0. The van der Waals surface area contributed by atoms with Crippen LogP contribution in [0.5, 0.6) is 0 Å². The molecule has 1 rings (SSSR count). The summed E-state index contributed by atoms with van der Waals surface area (Å²) in [5, 5.41) is 8.36. The average molecular weight is 165 g/mol. The third-order valence-electron chi connectivity index (χ3n) is 1.27. The molecule has 0 amide bonds. The van der Waals surface area contributed by atoms with Gasteiger partial charge in [-0.3, -0.25) is 0 Å². The van der Waals surface area contributed by atoms with E-state index >= 15 is 0 Å². The van der Waals surface area contributed by atoms with E-state index in [1.54, 1.807) is 13.0 Å². The maximum atomic E-state index is 12.8.